The smallest absolute Gasteiger partial charge is 0.272 e. The van der Waals surface area contributed by atoms with Crippen LogP contribution >= 0.6 is 0 Å². The highest BCUT2D eigenvalue weighted by Crippen LogP contribution is 2.32. The Balaban J connectivity index is 1.57. The van der Waals surface area contributed by atoms with E-state index in [0.29, 0.717) is 24.2 Å². The van der Waals surface area contributed by atoms with Gasteiger partial charge in [0.05, 0.1) is 11.7 Å². The van der Waals surface area contributed by atoms with Crippen molar-refractivity contribution in [3.05, 3.63) is 83.2 Å². The van der Waals surface area contributed by atoms with E-state index in [-0.39, 0.29) is 17.8 Å². The van der Waals surface area contributed by atoms with Crippen molar-refractivity contribution in [1.29, 1.82) is 0 Å². The number of carbonyl (C=O) groups excluding carboxylic acids is 1. The van der Waals surface area contributed by atoms with Crippen LogP contribution in [0.3, 0.4) is 0 Å². The summed E-state index contributed by atoms with van der Waals surface area (Å²) in [6.45, 7) is 0.696. The predicted octanol–water partition coefficient (Wildman–Crippen LogP) is 3.51. The number of hydrogen-bond donors (Lipinski definition) is 1. The number of halogens is 1. The van der Waals surface area contributed by atoms with Gasteiger partial charge in [0.25, 0.3) is 5.91 Å². The van der Waals surface area contributed by atoms with Gasteiger partial charge >= 0.3 is 0 Å². The minimum absolute atomic E-state index is 0.0635. The van der Waals surface area contributed by atoms with Crippen molar-refractivity contribution in [3.8, 4) is 0 Å². The number of benzene rings is 1. The molecule has 4 rings (SSSR count). The molecular weight excluding hydrogens is 331 g/mol. The van der Waals surface area contributed by atoms with E-state index < -0.39 is 0 Å². The molecule has 2 aromatic heterocycles. The number of pyridine rings is 1. The number of aromatic nitrogens is 3. The molecule has 1 amide bonds. The molecule has 1 N–H and O–H groups in total. The lowest BCUT2D eigenvalue weighted by Gasteiger charge is -2.24. The minimum Gasteiger partial charge on any atom is -0.329 e. The Labute approximate surface area is 150 Å². The highest BCUT2D eigenvalue weighted by Gasteiger charge is 2.32. The van der Waals surface area contributed by atoms with Crippen LogP contribution in [0.1, 0.15) is 46.3 Å². The van der Waals surface area contributed by atoms with Crippen molar-refractivity contribution in [2.45, 2.75) is 25.3 Å². The molecule has 0 aliphatic carbocycles. The Hall–Kier alpha value is -3.02. The molecule has 6 heteroatoms. The number of nitrogens with zero attached hydrogens (tertiary/aromatic N) is 3. The quantitative estimate of drug-likeness (QED) is 0.783. The van der Waals surface area contributed by atoms with Gasteiger partial charge in [-0.25, -0.2) is 4.39 Å². The molecule has 0 unspecified atom stereocenters. The van der Waals surface area contributed by atoms with Crippen LogP contribution in [0.2, 0.25) is 0 Å². The molecule has 1 saturated heterocycles. The van der Waals surface area contributed by atoms with Crippen molar-refractivity contribution in [3.63, 3.8) is 0 Å². The van der Waals surface area contributed by atoms with E-state index in [1.54, 1.807) is 24.4 Å². The van der Waals surface area contributed by atoms with Gasteiger partial charge in [0, 0.05) is 24.9 Å². The van der Waals surface area contributed by atoms with Gasteiger partial charge in [0.1, 0.15) is 11.5 Å². The lowest BCUT2D eigenvalue weighted by molar-refractivity contribution is 0.0726. The second-order valence-corrected chi connectivity index (χ2v) is 6.45. The van der Waals surface area contributed by atoms with Gasteiger partial charge in [0.2, 0.25) is 0 Å². The molecule has 26 heavy (non-hydrogen) atoms. The third-order valence-corrected chi connectivity index (χ3v) is 4.74. The minimum atomic E-state index is -0.225. The maximum Gasteiger partial charge on any atom is 0.272 e. The molecule has 132 valence electrons. The van der Waals surface area contributed by atoms with Crippen LogP contribution in [-0.4, -0.2) is 32.5 Å². The number of likely N-dealkylation sites (tertiary alicyclic amines) is 1. The van der Waals surface area contributed by atoms with E-state index in [1.165, 1.54) is 6.07 Å². The Morgan fingerprint density at radius 3 is 2.88 bits per heavy atom. The maximum absolute atomic E-state index is 13.9. The summed E-state index contributed by atoms with van der Waals surface area (Å²) in [6, 6.07) is 14.1. The summed E-state index contributed by atoms with van der Waals surface area (Å²) in [5.74, 6) is -0.289. The predicted molar refractivity (Wildman–Crippen MR) is 95.0 cm³/mol. The first-order chi connectivity index (χ1) is 12.7. The van der Waals surface area contributed by atoms with Crippen LogP contribution in [0.5, 0.6) is 0 Å². The van der Waals surface area contributed by atoms with Crippen LogP contribution in [-0.2, 0) is 6.42 Å². The van der Waals surface area contributed by atoms with E-state index in [2.05, 4.69) is 10.2 Å². The van der Waals surface area contributed by atoms with Crippen LogP contribution in [0.25, 0.3) is 0 Å². The fourth-order valence-electron chi connectivity index (χ4n) is 3.47. The number of H-pyrrole nitrogens is 1. The third kappa shape index (κ3) is 3.22. The molecule has 3 heterocycles. The number of hydrogen-bond acceptors (Lipinski definition) is 3. The summed E-state index contributed by atoms with van der Waals surface area (Å²) in [7, 11) is 0. The average Bonchev–Trinajstić information content (AvgIpc) is 3.35. The van der Waals surface area contributed by atoms with Crippen molar-refractivity contribution in [2.75, 3.05) is 6.54 Å². The molecule has 1 atom stereocenters. The normalized spacial score (nSPS) is 16.8. The van der Waals surface area contributed by atoms with Crippen molar-refractivity contribution >= 4 is 5.91 Å². The van der Waals surface area contributed by atoms with E-state index in [0.717, 1.165) is 24.2 Å². The second-order valence-electron chi connectivity index (χ2n) is 6.45. The van der Waals surface area contributed by atoms with E-state index in [9.17, 15) is 9.18 Å². The molecule has 0 bridgehead atoms. The highest BCUT2D eigenvalue weighted by molar-refractivity contribution is 5.92. The lowest BCUT2D eigenvalue weighted by Crippen LogP contribution is -2.31. The highest BCUT2D eigenvalue weighted by atomic mass is 19.1. The summed E-state index contributed by atoms with van der Waals surface area (Å²) >= 11 is 0. The first-order valence-electron chi connectivity index (χ1n) is 8.72. The third-order valence-electron chi connectivity index (χ3n) is 4.74. The molecule has 0 radical (unpaired) electrons. The van der Waals surface area contributed by atoms with Gasteiger partial charge in [-0.15, -0.1) is 0 Å². The monoisotopic (exact) mass is 350 g/mol. The topological polar surface area (TPSA) is 61.9 Å². The number of rotatable bonds is 4. The van der Waals surface area contributed by atoms with Gasteiger partial charge in [-0.2, -0.15) is 5.10 Å². The zero-order valence-electron chi connectivity index (χ0n) is 14.2. The Bertz CT molecular complexity index is 910. The Kier molecular flexibility index (Phi) is 4.48. The molecule has 0 spiro atoms. The molecule has 1 aliphatic heterocycles. The molecule has 1 aliphatic rings. The molecule has 1 fully saturated rings. The SMILES string of the molecule is O=C(c1ccn[nH]1)N1CCC[C@H]1c1cccc(Cc2ccccc2F)n1. The maximum atomic E-state index is 13.9. The van der Waals surface area contributed by atoms with Gasteiger partial charge in [-0.3, -0.25) is 14.9 Å². The summed E-state index contributed by atoms with van der Waals surface area (Å²) in [5.41, 5.74) is 2.76. The Morgan fingerprint density at radius 1 is 1.19 bits per heavy atom. The van der Waals surface area contributed by atoms with Gasteiger partial charge < -0.3 is 4.90 Å². The fraction of sp³-hybridized carbons (Fsp3) is 0.250. The average molecular weight is 350 g/mol. The van der Waals surface area contributed by atoms with E-state index in [1.807, 2.05) is 29.2 Å². The van der Waals surface area contributed by atoms with Gasteiger partial charge in [-0.05, 0) is 42.7 Å². The molecule has 5 nitrogen and oxygen atoms in total. The van der Waals surface area contributed by atoms with Gasteiger partial charge in [0.15, 0.2) is 0 Å². The summed E-state index contributed by atoms with van der Waals surface area (Å²) < 4.78 is 13.9. The number of nitrogens with one attached hydrogen (secondary N) is 1. The molecular formula is C20H19FN4O. The van der Waals surface area contributed by atoms with E-state index >= 15 is 0 Å². The van der Waals surface area contributed by atoms with Crippen LogP contribution < -0.4 is 0 Å². The zero-order chi connectivity index (χ0) is 17.9. The van der Waals surface area contributed by atoms with Crippen LogP contribution in [0.4, 0.5) is 4.39 Å². The number of carbonyl (C=O) groups is 1. The second kappa shape index (κ2) is 7.07. The Morgan fingerprint density at radius 2 is 2.08 bits per heavy atom. The number of aromatic amines is 1. The van der Waals surface area contributed by atoms with Crippen molar-refractivity contribution in [1.82, 2.24) is 20.1 Å². The first kappa shape index (κ1) is 16.4. The van der Waals surface area contributed by atoms with E-state index in [4.69, 9.17) is 4.98 Å². The van der Waals surface area contributed by atoms with Crippen LogP contribution in [0.15, 0.2) is 54.7 Å². The number of amides is 1. The summed E-state index contributed by atoms with van der Waals surface area (Å²) in [4.78, 5) is 19.2. The van der Waals surface area contributed by atoms with Crippen LogP contribution in [0, 0.1) is 5.82 Å². The molecule has 3 aromatic rings. The molecule has 0 saturated carbocycles. The summed E-state index contributed by atoms with van der Waals surface area (Å²) in [5, 5.41) is 6.59. The first-order valence-corrected chi connectivity index (χ1v) is 8.72. The van der Waals surface area contributed by atoms with Crippen molar-refractivity contribution in [2.24, 2.45) is 0 Å². The molecule has 1 aromatic carbocycles. The van der Waals surface area contributed by atoms with Gasteiger partial charge in [-0.1, -0.05) is 24.3 Å². The zero-order valence-corrected chi connectivity index (χ0v) is 14.2. The van der Waals surface area contributed by atoms with Crippen molar-refractivity contribution < 1.29 is 9.18 Å². The lowest BCUT2D eigenvalue weighted by atomic mass is 10.1. The summed E-state index contributed by atoms with van der Waals surface area (Å²) in [6.07, 6.45) is 3.81. The fourth-order valence-corrected chi connectivity index (χ4v) is 3.47. The largest absolute Gasteiger partial charge is 0.329 e. The standard InChI is InChI=1S/C20H19FN4O/c21-16-7-2-1-5-14(16)13-15-6-3-8-17(23-15)19-9-4-12-25(19)20(26)18-10-11-22-24-18/h1-3,5-8,10-11,19H,4,9,12-13H2,(H,22,24)/t19-/m0/s1.